The van der Waals surface area contributed by atoms with Gasteiger partial charge in [0, 0.05) is 0 Å². The molecule has 0 heterocycles. The molecule has 0 aliphatic rings. The molecular weight excluding hydrogens is 342 g/mol. The molecule has 2 aromatic rings. The highest BCUT2D eigenvalue weighted by Crippen LogP contribution is 2.25. The first-order valence-electron chi connectivity index (χ1n) is 7.75. The van der Waals surface area contributed by atoms with Crippen LogP contribution in [0.5, 0.6) is 5.75 Å². The van der Waals surface area contributed by atoms with Crippen LogP contribution in [-0.4, -0.2) is 25.1 Å². The SMILES string of the molecule is COC(=O)c1ccc(Cl)c(NC(=O)C(C)Oc2cccc(C)c2C)c1. The lowest BCUT2D eigenvalue weighted by molar-refractivity contribution is -0.122. The van der Waals surface area contributed by atoms with Crippen molar-refractivity contribution in [3.63, 3.8) is 0 Å². The number of benzene rings is 2. The highest BCUT2D eigenvalue weighted by Gasteiger charge is 2.18. The molecule has 0 spiro atoms. The number of nitrogens with one attached hydrogen (secondary N) is 1. The van der Waals surface area contributed by atoms with Crippen molar-refractivity contribution in [2.45, 2.75) is 26.9 Å². The maximum absolute atomic E-state index is 12.4. The van der Waals surface area contributed by atoms with E-state index in [9.17, 15) is 9.59 Å². The van der Waals surface area contributed by atoms with E-state index in [4.69, 9.17) is 16.3 Å². The zero-order valence-corrected chi connectivity index (χ0v) is 15.3. The fourth-order valence-corrected chi connectivity index (χ4v) is 2.36. The number of halogens is 1. The minimum absolute atomic E-state index is 0.297. The lowest BCUT2D eigenvalue weighted by Crippen LogP contribution is -2.30. The first-order valence-corrected chi connectivity index (χ1v) is 8.13. The molecule has 6 heteroatoms. The molecular formula is C19H20ClNO4. The molecule has 1 unspecified atom stereocenters. The molecule has 0 saturated carbocycles. The maximum Gasteiger partial charge on any atom is 0.337 e. The summed E-state index contributed by atoms with van der Waals surface area (Å²) in [4.78, 5) is 24.0. The molecule has 2 aromatic carbocycles. The number of anilines is 1. The predicted molar refractivity (Wildman–Crippen MR) is 97.4 cm³/mol. The third-order valence-corrected chi connectivity index (χ3v) is 4.20. The maximum atomic E-state index is 12.4. The van der Waals surface area contributed by atoms with Crippen LogP contribution < -0.4 is 10.1 Å². The number of aryl methyl sites for hydroxylation is 1. The van der Waals surface area contributed by atoms with Gasteiger partial charge in [0.25, 0.3) is 5.91 Å². The number of amides is 1. The van der Waals surface area contributed by atoms with E-state index < -0.39 is 12.1 Å². The fourth-order valence-electron chi connectivity index (χ4n) is 2.20. The molecule has 0 fully saturated rings. The quantitative estimate of drug-likeness (QED) is 0.812. The van der Waals surface area contributed by atoms with Gasteiger partial charge in [-0.05, 0) is 56.2 Å². The van der Waals surface area contributed by atoms with Crippen LogP contribution >= 0.6 is 11.6 Å². The molecule has 0 aliphatic carbocycles. The average molecular weight is 362 g/mol. The normalized spacial score (nSPS) is 11.6. The van der Waals surface area contributed by atoms with Crippen molar-refractivity contribution in [3.8, 4) is 5.75 Å². The van der Waals surface area contributed by atoms with Gasteiger partial charge in [0.2, 0.25) is 0 Å². The van der Waals surface area contributed by atoms with Gasteiger partial charge in [-0.15, -0.1) is 0 Å². The number of hydrogen-bond acceptors (Lipinski definition) is 4. The first-order chi connectivity index (χ1) is 11.8. The van der Waals surface area contributed by atoms with Crippen molar-refractivity contribution in [1.82, 2.24) is 0 Å². The van der Waals surface area contributed by atoms with Crippen LogP contribution in [0.25, 0.3) is 0 Å². The molecule has 0 saturated heterocycles. The van der Waals surface area contributed by atoms with Gasteiger partial charge in [0.1, 0.15) is 5.75 Å². The van der Waals surface area contributed by atoms with E-state index in [1.807, 2.05) is 32.0 Å². The van der Waals surface area contributed by atoms with Crippen LogP contribution in [0.15, 0.2) is 36.4 Å². The zero-order chi connectivity index (χ0) is 18.6. The Labute approximate surface area is 151 Å². The van der Waals surface area contributed by atoms with Crippen molar-refractivity contribution in [3.05, 3.63) is 58.1 Å². The minimum Gasteiger partial charge on any atom is -0.481 e. The van der Waals surface area contributed by atoms with E-state index in [-0.39, 0.29) is 5.91 Å². The molecule has 5 nitrogen and oxygen atoms in total. The van der Waals surface area contributed by atoms with Crippen LogP contribution in [0.4, 0.5) is 5.69 Å². The number of ether oxygens (including phenoxy) is 2. The number of hydrogen-bond donors (Lipinski definition) is 1. The van der Waals surface area contributed by atoms with Gasteiger partial charge in [-0.3, -0.25) is 4.79 Å². The molecule has 1 N–H and O–H groups in total. The largest absolute Gasteiger partial charge is 0.481 e. The number of methoxy groups -OCH3 is 1. The van der Waals surface area contributed by atoms with Crippen molar-refractivity contribution >= 4 is 29.2 Å². The second-order valence-electron chi connectivity index (χ2n) is 5.63. The summed E-state index contributed by atoms with van der Waals surface area (Å²) in [7, 11) is 1.29. The van der Waals surface area contributed by atoms with Crippen LogP contribution in [0.1, 0.15) is 28.4 Å². The Kier molecular flexibility index (Phi) is 6.04. The number of esters is 1. The predicted octanol–water partition coefficient (Wildman–Crippen LogP) is 4.15. The number of carbonyl (C=O) groups is 2. The molecule has 132 valence electrons. The lowest BCUT2D eigenvalue weighted by Gasteiger charge is -2.17. The van der Waals surface area contributed by atoms with Gasteiger partial charge < -0.3 is 14.8 Å². The van der Waals surface area contributed by atoms with Crippen molar-refractivity contribution < 1.29 is 19.1 Å². The van der Waals surface area contributed by atoms with Crippen molar-refractivity contribution in [2.75, 3.05) is 12.4 Å². The average Bonchev–Trinajstić information content (AvgIpc) is 2.60. The second-order valence-corrected chi connectivity index (χ2v) is 6.04. The molecule has 0 radical (unpaired) electrons. The minimum atomic E-state index is -0.738. The molecule has 0 bridgehead atoms. The van der Waals surface area contributed by atoms with E-state index in [2.05, 4.69) is 10.1 Å². The summed E-state index contributed by atoms with van der Waals surface area (Å²) >= 11 is 6.09. The standard InChI is InChI=1S/C19H20ClNO4/c1-11-6-5-7-17(12(11)2)25-13(3)18(22)21-16-10-14(19(23)24-4)8-9-15(16)20/h5-10,13H,1-4H3,(H,21,22). The van der Waals surface area contributed by atoms with Crippen LogP contribution in [-0.2, 0) is 9.53 Å². The van der Waals surface area contributed by atoms with Crippen molar-refractivity contribution in [2.24, 2.45) is 0 Å². The number of carbonyl (C=O) groups excluding carboxylic acids is 2. The van der Waals surface area contributed by atoms with Gasteiger partial charge in [-0.2, -0.15) is 0 Å². The molecule has 2 rings (SSSR count). The summed E-state index contributed by atoms with van der Waals surface area (Å²) in [6, 6.07) is 10.2. The molecule has 0 aromatic heterocycles. The first kappa shape index (κ1) is 18.8. The summed E-state index contributed by atoms with van der Waals surface area (Å²) in [5, 5.41) is 3.00. The Morgan fingerprint density at radius 2 is 1.88 bits per heavy atom. The van der Waals surface area contributed by atoms with E-state index >= 15 is 0 Å². The molecule has 0 aliphatic heterocycles. The summed E-state index contributed by atoms with van der Waals surface area (Å²) in [5.41, 5.74) is 2.68. The Morgan fingerprint density at radius 3 is 2.56 bits per heavy atom. The topological polar surface area (TPSA) is 64.6 Å². The second kappa shape index (κ2) is 8.03. The van der Waals surface area contributed by atoms with Crippen LogP contribution in [0, 0.1) is 13.8 Å². The van der Waals surface area contributed by atoms with Gasteiger partial charge in [-0.25, -0.2) is 4.79 Å². The molecule has 25 heavy (non-hydrogen) atoms. The van der Waals surface area contributed by atoms with Gasteiger partial charge in [-0.1, -0.05) is 23.7 Å². The zero-order valence-electron chi connectivity index (χ0n) is 14.6. The highest BCUT2D eigenvalue weighted by atomic mass is 35.5. The van der Waals surface area contributed by atoms with Crippen molar-refractivity contribution in [1.29, 1.82) is 0 Å². The Hall–Kier alpha value is -2.53. The van der Waals surface area contributed by atoms with Crippen LogP contribution in [0.2, 0.25) is 5.02 Å². The third kappa shape index (κ3) is 4.51. The molecule has 1 atom stereocenters. The van der Waals surface area contributed by atoms with E-state index in [1.165, 1.54) is 25.3 Å². The Morgan fingerprint density at radius 1 is 1.16 bits per heavy atom. The van der Waals surface area contributed by atoms with Crippen LogP contribution in [0.3, 0.4) is 0 Å². The van der Waals surface area contributed by atoms with Gasteiger partial charge in [0.15, 0.2) is 6.10 Å². The van der Waals surface area contributed by atoms with E-state index in [0.717, 1.165) is 11.1 Å². The summed E-state index contributed by atoms with van der Waals surface area (Å²) in [6.45, 7) is 5.56. The summed E-state index contributed by atoms with van der Waals surface area (Å²) in [5.74, 6) is -0.228. The van der Waals surface area contributed by atoms with E-state index in [0.29, 0.717) is 22.0 Å². The van der Waals surface area contributed by atoms with Gasteiger partial charge in [0.05, 0.1) is 23.4 Å². The summed E-state index contributed by atoms with van der Waals surface area (Å²) < 4.78 is 10.4. The fraction of sp³-hybridized carbons (Fsp3) is 0.263. The molecule has 1 amide bonds. The number of rotatable bonds is 5. The lowest BCUT2D eigenvalue weighted by atomic mass is 10.1. The monoisotopic (exact) mass is 361 g/mol. The highest BCUT2D eigenvalue weighted by molar-refractivity contribution is 6.33. The third-order valence-electron chi connectivity index (χ3n) is 3.87. The Bertz CT molecular complexity index is 804. The summed E-state index contributed by atoms with van der Waals surface area (Å²) in [6.07, 6.45) is -0.738. The van der Waals surface area contributed by atoms with Gasteiger partial charge >= 0.3 is 5.97 Å². The smallest absolute Gasteiger partial charge is 0.337 e. The Balaban J connectivity index is 2.13. The van der Waals surface area contributed by atoms with E-state index in [1.54, 1.807) is 6.92 Å².